The van der Waals surface area contributed by atoms with E-state index in [-0.39, 0.29) is 5.92 Å². The fourth-order valence-corrected chi connectivity index (χ4v) is 1.85. The van der Waals surface area contributed by atoms with Crippen molar-refractivity contribution in [2.45, 2.75) is 26.7 Å². The van der Waals surface area contributed by atoms with Gasteiger partial charge in [-0.25, -0.2) is 9.97 Å². The standard InChI is InChI=1S/C12H15N3O/c1-7(2)11-13-8(3)10-9(6-16)5-15(4)12(10)14-11/h5-7H,1-4H3. The Morgan fingerprint density at radius 3 is 2.62 bits per heavy atom. The van der Waals surface area contributed by atoms with E-state index in [2.05, 4.69) is 23.8 Å². The summed E-state index contributed by atoms with van der Waals surface area (Å²) >= 11 is 0. The molecule has 2 rings (SSSR count). The largest absolute Gasteiger partial charge is 0.335 e. The molecule has 0 aliphatic rings. The van der Waals surface area contributed by atoms with Gasteiger partial charge in [0, 0.05) is 24.7 Å². The maximum absolute atomic E-state index is 10.9. The van der Waals surface area contributed by atoms with Crippen LogP contribution in [-0.4, -0.2) is 20.8 Å². The van der Waals surface area contributed by atoms with E-state index >= 15 is 0 Å². The summed E-state index contributed by atoms with van der Waals surface area (Å²) in [5.74, 6) is 1.11. The van der Waals surface area contributed by atoms with E-state index in [1.54, 1.807) is 6.20 Å². The van der Waals surface area contributed by atoms with Gasteiger partial charge in [0.05, 0.1) is 11.1 Å². The van der Waals surface area contributed by atoms with Crippen LogP contribution in [-0.2, 0) is 7.05 Å². The van der Waals surface area contributed by atoms with Gasteiger partial charge in [-0.3, -0.25) is 4.79 Å². The third kappa shape index (κ3) is 1.50. The molecular weight excluding hydrogens is 202 g/mol. The van der Waals surface area contributed by atoms with Gasteiger partial charge < -0.3 is 4.57 Å². The minimum absolute atomic E-state index is 0.290. The van der Waals surface area contributed by atoms with Gasteiger partial charge in [0.25, 0.3) is 0 Å². The lowest BCUT2D eigenvalue weighted by Crippen LogP contribution is -2.01. The number of rotatable bonds is 2. The van der Waals surface area contributed by atoms with E-state index in [9.17, 15) is 4.79 Å². The fourth-order valence-electron chi connectivity index (χ4n) is 1.85. The lowest BCUT2D eigenvalue weighted by Gasteiger charge is -2.06. The van der Waals surface area contributed by atoms with Crippen LogP contribution in [0.15, 0.2) is 6.20 Å². The molecule has 0 saturated heterocycles. The summed E-state index contributed by atoms with van der Waals surface area (Å²) < 4.78 is 1.87. The summed E-state index contributed by atoms with van der Waals surface area (Å²) in [5.41, 5.74) is 2.36. The SMILES string of the molecule is Cc1nc(C(C)C)nc2c1c(C=O)cn2C. The van der Waals surface area contributed by atoms with E-state index < -0.39 is 0 Å². The number of carbonyl (C=O) groups excluding carboxylic acids is 1. The summed E-state index contributed by atoms with van der Waals surface area (Å²) in [4.78, 5) is 19.9. The van der Waals surface area contributed by atoms with E-state index in [1.165, 1.54) is 0 Å². The topological polar surface area (TPSA) is 47.8 Å². The van der Waals surface area contributed by atoms with Crippen molar-refractivity contribution >= 4 is 17.3 Å². The summed E-state index contributed by atoms with van der Waals surface area (Å²) in [7, 11) is 1.89. The first-order valence-corrected chi connectivity index (χ1v) is 5.33. The summed E-state index contributed by atoms with van der Waals surface area (Å²) in [6.07, 6.45) is 2.65. The highest BCUT2D eigenvalue weighted by molar-refractivity contribution is 5.97. The predicted molar refractivity (Wildman–Crippen MR) is 62.7 cm³/mol. The Morgan fingerprint density at radius 2 is 2.06 bits per heavy atom. The average molecular weight is 217 g/mol. The minimum atomic E-state index is 0.290. The molecule has 0 bridgehead atoms. The normalized spacial score (nSPS) is 11.3. The Bertz CT molecular complexity index is 555. The van der Waals surface area contributed by atoms with Crippen LogP contribution in [0.5, 0.6) is 0 Å². The number of aryl methyl sites for hydroxylation is 2. The lowest BCUT2D eigenvalue weighted by atomic mass is 10.1. The van der Waals surface area contributed by atoms with Crippen LogP contribution in [0.2, 0.25) is 0 Å². The van der Waals surface area contributed by atoms with Crippen molar-refractivity contribution < 1.29 is 4.79 Å². The zero-order valence-corrected chi connectivity index (χ0v) is 9.98. The first kappa shape index (κ1) is 10.8. The molecule has 2 aromatic rings. The van der Waals surface area contributed by atoms with Crippen molar-refractivity contribution in [3.8, 4) is 0 Å². The summed E-state index contributed by atoms with van der Waals surface area (Å²) in [5, 5.41) is 0.863. The molecule has 4 heteroatoms. The van der Waals surface area contributed by atoms with E-state index in [0.717, 1.165) is 28.8 Å². The van der Waals surface area contributed by atoms with Gasteiger partial charge >= 0.3 is 0 Å². The number of fused-ring (bicyclic) bond motifs is 1. The molecule has 0 aliphatic heterocycles. The zero-order chi connectivity index (χ0) is 11.9. The Hall–Kier alpha value is -1.71. The molecule has 0 saturated carbocycles. The van der Waals surface area contributed by atoms with Gasteiger partial charge in [-0.2, -0.15) is 0 Å². The highest BCUT2D eigenvalue weighted by Crippen LogP contribution is 2.22. The second kappa shape index (κ2) is 3.70. The second-order valence-corrected chi connectivity index (χ2v) is 4.33. The molecule has 0 fully saturated rings. The first-order valence-electron chi connectivity index (χ1n) is 5.33. The van der Waals surface area contributed by atoms with Gasteiger partial charge in [0.1, 0.15) is 11.5 Å². The van der Waals surface area contributed by atoms with Crippen molar-refractivity contribution in [3.63, 3.8) is 0 Å². The second-order valence-electron chi connectivity index (χ2n) is 4.33. The van der Waals surface area contributed by atoms with Crippen LogP contribution in [0.25, 0.3) is 11.0 Å². The smallest absolute Gasteiger partial charge is 0.152 e. The van der Waals surface area contributed by atoms with Crippen molar-refractivity contribution in [2.75, 3.05) is 0 Å². The molecule has 0 atom stereocenters. The molecule has 2 heterocycles. The van der Waals surface area contributed by atoms with Crippen molar-refractivity contribution in [3.05, 3.63) is 23.3 Å². The average Bonchev–Trinajstić information content (AvgIpc) is 2.56. The fraction of sp³-hybridized carbons (Fsp3) is 0.417. The summed E-state index contributed by atoms with van der Waals surface area (Å²) in [6.45, 7) is 6.04. The van der Waals surface area contributed by atoms with Crippen LogP contribution in [0, 0.1) is 6.92 Å². The number of aromatic nitrogens is 3. The molecule has 0 unspecified atom stereocenters. The highest BCUT2D eigenvalue weighted by atomic mass is 16.1. The van der Waals surface area contributed by atoms with Crippen LogP contribution in [0.3, 0.4) is 0 Å². The molecule has 0 aromatic carbocycles. The van der Waals surface area contributed by atoms with Gasteiger partial charge in [0.2, 0.25) is 0 Å². The van der Waals surface area contributed by atoms with Crippen LogP contribution in [0.1, 0.15) is 41.6 Å². The molecule has 4 nitrogen and oxygen atoms in total. The third-order valence-electron chi connectivity index (χ3n) is 2.69. The van der Waals surface area contributed by atoms with Gasteiger partial charge in [-0.05, 0) is 6.92 Å². The molecule has 2 aromatic heterocycles. The van der Waals surface area contributed by atoms with E-state index in [1.807, 2.05) is 18.5 Å². The summed E-state index contributed by atoms with van der Waals surface area (Å²) in [6, 6.07) is 0. The van der Waals surface area contributed by atoms with Gasteiger partial charge in [-0.1, -0.05) is 13.8 Å². The van der Waals surface area contributed by atoms with Crippen molar-refractivity contribution in [1.82, 2.24) is 14.5 Å². The van der Waals surface area contributed by atoms with Gasteiger partial charge in [-0.15, -0.1) is 0 Å². The Morgan fingerprint density at radius 1 is 1.38 bits per heavy atom. The van der Waals surface area contributed by atoms with Crippen LogP contribution < -0.4 is 0 Å². The Kier molecular flexibility index (Phi) is 2.50. The van der Waals surface area contributed by atoms with Crippen molar-refractivity contribution in [1.29, 1.82) is 0 Å². The zero-order valence-electron chi connectivity index (χ0n) is 9.98. The van der Waals surface area contributed by atoms with Crippen LogP contribution in [0.4, 0.5) is 0 Å². The quantitative estimate of drug-likeness (QED) is 0.724. The molecular formula is C12H15N3O. The highest BCUT2D eigenvalue weighted by Gasteiger charge is 2.14. The number of nitrogens with zero attached hydrogens (tertiary/aromatic N) is 3. The molecule has 0 aliphatic carbocycles. The third-order valence-corrected chi connectivity index (χ3v) is 2.69. The number of hydrogen-bond acceptors (Lipinski definition) is 3. The predicted octanol–water partition coefficient (Wildman–Crippen LogP) is 2.21. The van der Waals surface area contributed by atoms with Crippen LogP contribution >= 0.6 is 0 Å². The number of carbonyl (C=O) groups is 1. The van der Waals surface area contributed by atoms with E-state index in [0.29, 0.717) is 5.56 Å². The monoisotopic (exact) mass is 217 g/mol. The first-order chi connectivity index (χ1) is 7.54. The van der Waals surface area contributed by atoms with E-state index in [4.69, 9.17) is 0 Å². The molecule has 84 valence electrons. The lowest BCUT2D eigenvalue weighted by molar-refractivity contribution is 0.112. The van der Waals surface area contributed by atoms with Gasteiger partial charge in [0.15, 0.2) is 6.29 Å². The molecule has 0 radical (unpaired) electrons. The molecule has 0 N–H and O–H groups in total. The molecule has 0 amide bonds. The molecule has 16 heavy (non-hydrogen) atoms. The maximum atomic E-state index is 10.9. The number of aldehydes is 1. The minimum Gasteiger partial charge on any atom is -0.335 e. The Labute approximate surface area is 94.3 Å². The molecule has 0 spiro atoms. The maximum Gasteiger partial charge on any atom is 0.152 e. The Balaban J connectivity index is 2.83. The van der Waals surface area contributed by atoms with Crippen molar-refractivity contribution in [2.24, 2.45) is 7.05 Å². The number of hydrogen-bond donors (Lipinski definition) is 0.